The van der Waals surface area contributed by atoms with Gasteiger partial charge in [-0.1, -0.05) is 60.3 Å². The van der Waals surface area contributed by atoms with E-state index in [-0.39, 0.29) is 0 Å². The maximum Gasteiger partial charge on any atom is -0.00438 e. The third-order valence-electron chi connectivity index (χ3n) is 3.67. The minimum absolute atomic E-state index is 0.369. The van der Waals surface area contributed by atoms with Gasteiger partial charge in [0.1, 0.15) is 0 Å². The van der Waals surface area contributed by atoms with Crippen LogP contribution < -0.4 is 5.73 Å². The zero-order valence-corrected chi connectivity index (χ0v) is 11.5. The van der Waals surface area contributed by atoms with Crippen molar-refractivity contribution in [2.75, 3.05) is 6.54 Å². The summed E-state index contributed by atoms with van der Waals surface area (Å²) in [5.74, 6) is 1.57. The van der Waals surface area contributed by atoms with Crippen LogP contribution in [0.15, 0.2) is 0 Å². The molecule has 0 aromatic rings. The maximum atomic E-state index is 5.89. The molecule has 2 N–H and O–H groups in total. The van der Waals surface area contributed by atoms with Gasteiger partial charge in [0.2, 0.25) is 0 Å². The Bertz CT molecular complexity index is 146. The molecule has 15 heavy (non-hydrogen) atoms. The highest BCUT2D eigenvalue weighted by Crippen LogP contribution is 2.32. The van der Waals surface area contributed by atoms with Crippen LogP contribution in [-0.4, -0.2) is 6.54 Å². The molecule has 0 amide bonds. The topological polar surface area (TPSA) is 26.0 Å². The van der Waals surface area contributed by atoms with Gasteiger partial charge in [0.15, 0.2) is 0 Å². The number of hydrogen-bond donors (Lipinski definition) is 1. The Kier molecular flexibility index (Phi) is 7.25. The van der Waals surface area contributed by atoms with Crippen molar-refractivity contribution in [1.29, 1.82) is 0 Å². The second-order valence-electron chi connectivity index (χ2n) is 5.95. The highest BCUT2D eigenvalue weighted by Gasteiger charge is 2.25. The molecule has 0 aliphatic rings. The highest BCUT2D eigenvalue weighted by atomic mass is 14.6. The number of rotatable bonds is 7. The number of hydrogen-bond acceptors (Lipinski definition) is 1. The maximum absolute atomic E-state index is 5.89. The summed E-state index contributed by atoms with van der Waals surface area (Å²) in [5, 5.41) is 0. The summed E-state index contributed by atoms with van der Waals surface area (Å²) in [6.45, 7) is 12.4. The molecule has 0 rings (SSSR count). The van der Waals surface area contributed by atoms with Crippen molar-refractivity contribution in [2.45, 2.75) is 66.7 Å². The van der Waals surface area contributed by atoms with E-state index >= 15 is 0 Å². The molecule has 0 radical (unpaired) electrons. The van der Waals surface area contributed by atoms with Crippen molar-refractivity contribution in [3.8, 4) is 0 Å². The van der Waals surface area contributed by atoms with Crippen LogP contribution in [0.1, 0.15) is 66.7 Å². The van der Waals surface area contributed by atoms with E-state index in [1.807, 2.05) is 0 Å². The molecule has 2 unspecified atom stereocenters. The standard InChI is InChI=1S/C14H31N/c1-6-8-9-12(7-2)10-13(11-15)14(3,4)5/h12-13H,6-11,15H2,1-5H3. The van der Waals surface area contributed by atoms with Crippen molar-refractivity contribution in [3.63, 3.8) is 0 Å². The highest BCUT2D eigenvalue weighted by molar-refractivity contribution is 4.77. The minimum atomic E-state index is 0.369. The predicted molar refractivity (Wildman–Crippen MR) is 69.9 cm³/mol. The summed E-state index contributed by atoms with van der Waals surface area (Å²) in [6.07, 6.45) is 6.71. The first-order valence-corrected chi connectivity index (χ1v) is 6.65. The summed E-state index contributed by atoms with van der Waals surface area (Å²) in [4.78, 5) is 0. The van der Waals surface area contributed by atoms with E-state index in [4.69, 9.17) is 5.73 Å². The summed E-state index contributed by atoms with van der Waals surface area (Å²) in [6, 6.07) is 0. The van der Waals surface area contributed by atoms with Gasteiger partial charge in [0, 0.05) is 0 Å². The van der Waals surface area contributed by atoms with Gasteiger partial charge in [-0.05, 0) is 30.2 Å². The summed E-state index contributed by atoms with van der Waals surface area (Å²) >= 11 is 0. The lowest BCUT2D eigenvalue weighted by Crippen LogP contribution is -2.30. The number of unbranched alkanes of at least 4 members (excludes halogenated alkanes) is 1. The van der Waals surface area contributed by atoms with E-state index in [0.29, 0.717) is 11.3 Å². The molecule has 92 valence electrons. The SMILES string of the molecule is CCCCC(CC)CC(CN)C(C)(C)C. The fourth-order valence-corrected chi connectivity index (χ4v) is 2.19. The lowest BCUT2D eigenvalue weighted by Gasteiger charge is -2.32. The summed E-state index contributed by atoms with van der Waals surface area (Å²) in [5.41, 5.74) is 6.26. The third-order valence-corrected chi connectivity index (χ3v) is 3.67. The normalized spacial score (nSPS) is 16.4. The van der Waals surface area contributed by atoms with Gasteiger partial charge in [0.05, 0.1) is 0 Å². The Morgan fingerprint density at radius 1 is 1.13 bits per heavy atom. The first kappa shape index (κ1) is 15.0. The minimum Gasteiger partial charge on any atom is -0.330 e. The largest absolute Gasteiger partial charge is 0.330 e. The van der Waals surface area contributed by atoms with Crippen molar-refractivity contribution in [3.05, 3.63) is 0 Å². The first-order chi connectivity index (χ1) is 6.95. The fourth-order valence-electron chi connectivity index (χ4n) is 2.19. The van der Waals surface area contributed by atoms with Crippen LogP contribution in [-0.2, 0) is 0 Å². The Morgan fingerprint density at radius 2 is 1.73 bits per heavy atom. The second-order valence-corrected chi connectivity index (χ2v) is 5.95. The van der Waals surface area contributed by atoms with Gasteiger partial charge in [-0.25, -0.2) is 0 Å². The molecule has 0 fully saturated rings. The van der Waals surface area contributed by atoms with E-state index in [9.17, 15) is 0 Å². The van der Waals surface area contributed by atoms with E-state index in [0.717, 1.165) is 12.5 Å². The Hall–Kier alpha value is -0.0400. The van der Waals surface area contributed by atoms with Crippen LogP contribution in [0, 0.1) is 17.3 Å². The van der Waals surface area contributed by atoms with Crippen LogP contribution in [0.25, 0.3) is 0 Å². The zero-order valence-electron chi connectivity index (χ0n) is 11.5. The van der Waals surface area contributed by atoms with Gasteiger partial charge >= 0.3 is 0 Å². The quantitative estimate of drug-likeness (QED) is 0.673. The molecule has 0 heterocycles. The molecule has 0 bridgehead atoms. The van der Waals surface area contributed by atoms with Crippen molar-refractivity contribution >= 4 is 0 Å². The molecular formula is C14H31N. The van der Waals surface area contributed by atoms with Crippen molar-refractivity contribution < 1.29 is 0 Å². The van der Waals surface area contributed by atoms with Gasteiger partial charge < -0.3 is 5.73 Å². The fraction of sp³-hybridized carbons (Fsp3) is 1.00. The van der Waals surface area contributed by atoms with Gasteiger partial charge in [0.25, 0.3) is 0 Å². The molecule has 0 spiro atoms. The van der Waals surface area contributed by atoms with Crippen LogP contribution >= 0.6 is 0 Å². The Morgan fingerprint density at radius 3 is 2.07 bits per heavy atom. The molecule has 0 saturated heterocycles. The average Bonchev–Trinajstić information content (AvgIpc) is 2.16. The summed E-state index contributed by atoms with van der Waals surface area (Å²) < 4.78 is 0. The third kappa shape index (κ3) is 6.19. The van der Waals surface area contributed by atoms with Crippen molar-refractivity contribution in [2.24, 2.45) is 23.0 Å². The molecule has 0 aromatic carbocycles. The first-order valence-electron chi connectivity index (χ1n) is 6.65. The van der Waals surface area contributed by atoms with E-state index in [2.05, 4.69) is 34.6 Å². The van der Waals surface area contributed by atoms with E-state index in [1.54, 1.807) is 0 Å². The van der Waals surface area contributed by atoms with Crippen LogP contribution in [0.5, 0.6) is 0 Å². The Labute approximate surface area is 96.8 Å². The lowest BCUT2D eigenvalue weighted by atomic mass is 9.74. The molecule has 1 heteroatoms. The monoisotopic (exact) mass is 213 g/mol. The molecule has 0 aliphatic heterocycles. The van der Waals surface area contributed by atoms with Crippen molar-refractivity contribution in [1.82, 2.24) is 0 Å². The zero-order chi connectivity index (χ0) is 11.9. The van der Waals surface area contributed by atoms with Crippen LogP contribution in [0.3, 0.4) is 0 Å². The van der Waals surface area contributed by atoms with E-state index in [1.165, 1.54) is 32.1 Å². The molecular weight excluding hydrogens is 182 g/mol. The molecule has 0 aromatic heterocycles. The second kappa shape index (κ2) is 7.27. The average molecular weight is 213 g/mol. The van der Waals surface area contributed by atoms with Crippen LogP contribution in [0.2, 0.25) is 0 Å². The predicted octanol–water partition coefficient (Wildman–Crippen LogP) is 4.21. The molecule has 0 aliphatic carbocycles. The Balaban J connectivity index is 4.12. The van der Waals surface area contributed by atoms with E-state index < -0.39 is 0 Å². The number of nitrogens with two attached hydrogens (primary N) is 1. The van der Waals surface area contributed by atoms with Crippen LogP contribution in [0.4, 0.5) is 0 Å². The van der Waals surface area contributed by atoms with Gasteiger partial charge in [-0.2, -0.15) is 0 Å². The summed E-state index contributed by atoms with van der Waals surface area (Å²) in [7, 11) is 0. The van der Waals surface area contributed by atoms with Gasteiger partial charge in [-0.15, -0.1) is 0 Å². The van der Waals surface area contributed by atoms with Gasteiger partial charge in [-0.3, -0.25) is 0 Å². The smallest absolute Gasteiger partial charge is 0.00438 e. The molecule has 1 nitrogen and oxygen atoms in total. The lowest BCUT2D eigenvalue weighted by molar-refractivity contribution is 0.193. The molecule has 0 saturated carbocycles. The molecule has 2 atom stereocenters.